The SMILES string of the molecule is COc1ccc(F)c(-c2ccc(COc3cccc([C@@H](CC(=O)O)C4CC4)c3)cc2CC(C)(C)Cn2cc(CCCCCCCCCCCCCCCCCC(=O)NCC[N+](C)(C)CCCS(=O)(=O)[O-])nn2)c1. The molecule has 5 rings (SSSR count). The predicted molar refractivity (Wildman–Crippen MR) is 286 cm³/mol. The number of methoxy groups -OCH3 is 1. The van der Waals surface area contributed by atoms with Gasteiger partial charge >= 0.3 is 5.97 Å². The number of ether oxygens (including phenoxy) is 2. The van der Waals surface area contributed by atoms with Gasteiger partial charge in [0.25, 0.3) is 0 Å². The molecule has 0 saturated heterocycles. The van der Waals surface area contributed by atoms with Crippen molar-refractivity contribution in [3.8, 4) is 22.6 Å². The summed E-state index contributed by atoms with van der Waals surface area (Å²) in [7, 11) is 1.36. The van der Waals surface area contributed by atoms with E-state index in [4.69, 9.17) is 9.47 Å². The highest BCUT2D eigenvalue weighted by Crippen LogP contribution is 2.45. The third-order valence-corrected chi connectivity index (χ3v) is 15.1. The fourth-order valence-electron chi connectivity index (χ4n) is 10.0. The Bertz CT molecular complexity index is 2420. The largest absolute Gasteiger partial charge is 0.748 e. The molecule has 73 heavy (non-hydrogen) atoms. The number of carboxylic acid groups (broad SMARTS) is 1. The molecule has 2 N–H and O–H groups in total. The van der Waals surface area contributed by atoms with Crippen LogP contribution in [0.1, 0.15) is 171 Å². The third kappa shape index (κ3) is 23.1. The second kappa shape index (κ2) is 29.9. The summed E-state index contributed by atoms with van der Waals surface area (Å²) in [5.74, 6) is 0.300. The van der Waals surface area contributed by atoms with Crippen molar-refractivity contribution < 1.29 is 46.0 Å². The van der Waals surface area contributed by atoms with Crippen molar-refractivity contribution in [2.45, 2.75) is 174 Å². The van der Waals surface area contributed by atoms with Crippen LogP contribution in [0.4, 0.5) is 4.39 Å². The fraction of sp³-hybridized carbons (Fsp3) is 0.621. The Labute approximate surface area is 436 Å². The number of amides is 1. The molecular weight excluding hydrogens is 946 g/mol. The lowest BCUT2D eigenvalue weighted by atomic mass is 9.82. The Balaban J connectivity index is 0.944. The average Bonchev–Trinajstić information content (AvgIpc) is 4.09. The molecule has 1 aliphatic carbocycles. The van der Waals surface area contributed by atoms with E-state index >= 15 is 4.39 Å². The highest BCUT2D eigenvalue weighted by Gasteiger charge is 2.34. The van der Waals surface area contributed by atoms with E-state index in [1.165, 1.54) is 83.1 Å². The van der Waals surface area contributed by atoms with E-state index < -0.39 is 16.1 Å². The van der Waals surface area contributed by atoms with Crippen molar-refractivity contribution in [1.82, 2.24) is 20.3 Å². The van der Waals surface area contributed by atoms with Crippen LogP contribution in [0.25, 0.3) is 11.1 Å². The molecule has 0 aliphatic heterocycles. The second-order valence-corrected chi connectivity index (χ2v) is 23.7. The maximum atomic E-state index is 15.5. The summed E-state index contributed by atoms with van der Waals surface area (Å²) in [4.78, 5) is 23.8. The summed E-state index contributed by atoms with van der Waals surface area (Å²) < 4.78 is 62.3. The van der Waals surface area contributed by atoms with Gasteiger partial charge in [0.15, 0.2) is 0 Å². The van der Waals surface area contributed by atoms with Gasteiger partial charge < -0.3 is 28.9 Å². The molecule has 15 heteroatoms. The molecule has 4 aromatic rings. The van der Waals surface area contributed by atoms with Crippen molar-refractivity contribution in [3.05, 3.63) is 95.1 Å². The van der Waals surface area contributed by atoms with Crippen LogP contribution < -0.4 is 14.8 Å². The molecular formula is C58H86FN5O8S. The quantitative estimate of drug-likeness (QED) is 0.0250. The summed E-state index contributed by atoms with van der Waals surface area (Å²) in [6.45, 7) is 7.18. The Morgan fingerprint density at radius 1 is 0.849 bits per heavy atom. The first-order chi connectivity index (χ1) is 34.9. The van der Waals surface area contributed by atoms with Gasteiger partial charge in [-0.2, -0.15) is 0 Å². The lowest BCUT2D eigenvalue weighted by Crippen LogP contribution is -2.46. The number of aliphatic carboxylic acids is 1. The predicted octanol–water partition coefficient (Wildman–Crippen LogP) is 11.8. The Kier molecular flexibility index (Phi) is 24.2. The van der Waals surface area contributed by atoms with Gasteiger partial charge in [-0.1, -0.05) is 133 Å². The molecule has 1 atom stereocenters. The summed E-state index contributed by atoms with van der Waals surface area (Å²) in [6, 6.07) is 18.7. The first-order valence-electron chi connectivity index (χ1n) is 27.2. The number of aryl methyl sites for hydroxylation is 1. The number of unbranched alkanes of at least 4 members (excludes halogenated alkanes) is 14. The molecule has 0 spiro atoms. The third-order valence-electron chi connectivity index (χ3n) is 14.3. The normalized spacial score (nSPS) is 13.5. The monoisotopic (exact) mass is 1030 g/mol. The number of hydrogen-bond donors (Lipinski definition) is 2. The lowest BCUT2D eigenvalue weighted by molar-refractivity contribution is -0.889. The molecule has 1 aromatic heterocycles. The minimum Gasteiger partial charge on any atom is -0.748 e. The number of benzene rings is 3. The van der Waals surface area contributed by atoms with Crippen molar-refractivity contribution in [3.63, 3.8) is 0 Å². The van der Waals surface area contributed by atoms with Crippen LogP contribution in [-0.2, 0) is 45.7 Å². The number of aromatic nitrogens is 3. The zero-order chi connectivity index (χ0) is 52.7. The van der Waals surface area contributed by atoms with Crippen LogP contribution in [0.3, 0.4) is 0 Å². The van der Waals surface area contributed by atoms with Crippen molar-refractivity contribution in [2.24, 2.45) is 11.3 Å². The van der Waals surface area contributed by atoms with E-state index in [1.807, 2.05) is 55.2 Å². The molecule has 404 valence electrons. The maximum Gasteiger partial charge on any atom is 0.303 e. The average molecular weight is 1030 g/mol. The molecule has 0 radical (unpaired) electrons. The topological polar surface area (TPSA) is 173 Å². The number of quaternary nitrogens is 1. The van der Waals surface area contributed by atoms with Crippen LogP contribution >= 0.6 is 0 Å². The smallest absolute Gasteiger partial charge is 0.303 e. The van der Waals surface area contributed by atoms with Gasteiger partial charge in [-0.05, 0) is 108 Å². The van der Waals surface area contributed by atoms with Crippen LogP contribution in [-0.4, -0.2) is 96.0 Å². The van der Waals surface area contributed by atoms with Crippen molar-refractivity contribution in [2.75, 3.05) is 46.6 Å². The van der Waals surface area contributed by atoms with Crippen LogP contribution in [0.2, 0.25) is 0 Å². The van der Waals surface area contributed by atoms with E-state index in [-0.39, 0.29) is 35.2 Å². The van der Waals surface area contributed by atoms with E-state index in [1.54, 1.807) is 19.2 Å². The molecule has 13 nitrogen and oxygen atoms in total. The standard InChI is InChI=1S/C58H86FN5O8S/c1-58(2,41-48-37-45(27-31-52(48)54-39-50(71-5)30-32-55(54)59)43-72-51-25-21-23-47(38-51)53(40-57(66)67)46-28-29-46)44-63-42-49(61-62-63)24-19-17-15-13-11-9-7-6-8-10-12-14-16-18-20-26-56(65)60-33-35-64(3,4)34-22-36-73(68,69)70/h21,23,25,27,30-32,37-39,42,46,53H,6-20,22,24,26,28-29,33-36,40-41,43-44H2,1-5H3,(H2-,60,65,66,67,68,69,70)/t53-/m0/s1. The number of carbonyl (C=O) groups excluding carboxylic acids is 1. The van der Waals surface area contributed by atoms with E-state index in [0.29, 0.717) is 79.5 Å². The van der Waals surface area contributed by atoms with Crippen LogP contribution in [0.5, 0.6) is 11.5 Å². The van der Waals surface area contributed by atoms with E-state index in [2.05, 4.69) is 41.7 Å². The van der Waals surface area contributed by atoms with Crippen LogP contribution in [0.15, 0.2) is 66.9 Å². The summed E-state index contributed by atoms with van der Waals surface area (Å²) >= 11 is 0. The first-order valence-corrected chi connectivity index (χ1v) is 28.8. The number of carbonyl (C=O) groups is 2. The minimum atomic E-state index is -4.18. The molecule has 1 aliphatic rings. The fourth-order valence-corrected chi connectivity index (χ4v) is 10.5. The van der Waals surface area contributed by atoms with Gasteiger partial charge in [-0.15, -0.1) is 5.10 Å². The number of hydrogen-bond acceptors (Lipinski definition) is 9. The first kappa shape index (κ1) is 59.0. The van der Waals surface area contributed by atoms with Gasteiger partial charge in [0.05, 0.1) is 63.1 Å². The number of halogens is 1. The minimum absolute atomic E-state index is 0.0150. The van der Waals surface area contributed by atoms with E-state index in [0.717, 1.165) is 66.5 Å². The molecule has 1 fully saturated rings. The van der Waals surface area contributed by atoms with Gasteiger partial charge in [-0.25, -0.2) is 12.8 Å². The molecule has 1 saturated carbocycles. The number of likely N-dealkylation sites (N-methyl/N-ethyl adjacent to an activating group) is 1. The molecule has 0 bridgehead atoms. The molecule has 1 amide bonds. The molecule has 0 unspecified atom stereocenters. The maximum absolute atomic E-state index is 15.5. The number of carboxylic acids is 1. The number of nitrogens with zero attached hydrogens (tertiary/aromatic N) is 4. The summed E-state index contributed by atoms with van der Waals surface area (Å²) in [5, 5.41) is 21.6. The number of nitrogens with one attached hydrogen (secondary N) is 1. The zero-order valence-electron chi connectivity index (χ0n) is 44.7. The van der Waals surface area contributed by atoms with Gasteiger partial charge in [0.1, 0.15) is 23.9 Å². The van der Waals surface area contributed by atoms with Crippen molar-refractivity contribution in [1.29, 1.82) is 0 Å². The Hall–Kier alpha value is -4.86. The summed E-state index contributed by atoms with van der Waals surface area (Å²) in [5.41, 5.74) is 4.99. The number of rotatable bonds is 38. The van der Waals surface area contributed by atoms with Gasteiger partial charge in [0.2, 0.25) is 5.91 Å². The molecule has 1 heterocycles. The van der Waals surface area contributed by atoms with Crippen LogP contribution in [0, 0.1) is 17.2 Å². The van der Waals surface area contributed by atoms with Gasteiger partial charge in [-0.3, -0.25) is 14.3 Å². The van der Waals surface area contributed by atoms with Crippen molar-refractivity contribution >= 4 is 22.0 Å². The summed E-state index contributed by atoms with van der Waals surface area (Å²) in [6.07, 6.45) is 24.9. The van der Waals surface area contributed by atoms with Gasteiger partial charge in [0, 0.05) is 36.9 Å². The Morgan fingerprint density at radius 2 is 1.51 bits per heavy atom. The Morgan fingerprint density at radius 3 is 2.14 bits per heavy atom. The van der Waals surface area contributed by atoms with E-state index in [9.17, 15) is 27.7 Å². The highest BCUT2D eigenvalue weighted by atomic mass is 32.2. The molecule has 3 aromatic carbocycles. The highest BCUT2D eigenvalue weighted by molar-refractivity contribution is 7.85. The second-order valence-electron chi connectivity index (χ2n) is 22.1. The zero-order valence-corrected chi connectivity index (χ0v) is 45.5. The lowest BCUT2D eigenvalue weighted by Gasteiger charge is -2.30.